The Morgan fingerprint density at radius 1 is 1.53 bits per heavy atom. The van der Waals surface area contributed by atoms with Gasteiger partial charge in [0, 0.05) is 11.8 Å². The lowest BCUT2D eigenvalue weighted by molar-refractivity contribution is -0.169. The zero-order chi connectivity index (χ0) is 13.1. The van der Waals surface area contributed by atoms with Crippen LogP contribution in [-0.4, -0.2) is 18.4 Å². The molecule has 0 radical (unpaired) electrons. The number of hydrogen-bond donors (Lipinski definition) is 0. The molecule has 1 atom stereocenters. The molecule has 3 heteroatoms. The Hall–Kier alpha value is -1.12. The van der Waals surface area contributed by atoms with E-state index in [4.69, 9.17) is 4.74 Å². The van der Waals surface area contributed by atoms with Gasteiger partial charge in [0.1, 0.15) is 5.41 Å². The monoisotopic (exact) mass is 238 g/mol. The molecular formula is C14H22O3. The normalized spacial score (nSPS) is 25.5. The molecule has 0 aromatic heterocycles. The summed E-state index contributed by atoms with van der Waals surface area (Å²) < 4.78 is 5.14. The van der Waals surface area contributed by atoms with Gasteiger partial charge in [0.25, 0.3) is 0 Å². The van der Waals surface area contributed by atoms with Crippen molar-refractivity contribution >= 4 is 11.8 Å². The Balaban J connectivity index is 3.20. The standard InChI is InChI=1S/C14H22O3/c1-5-13(3,4)14(12(16)17-6-2)10-8-7-9-11(14)15/h5H,1,6-10H2,2-4H3. The summed E-state index contributed by atoms with van der Waals surface area (Å²) in [6.07, 6.45) is 4.50. The second-order valence-corrected chi connectivity index (χ2v) is 5.18. The topological polar surface area (TPSA) is 43.4 Å². The molecule has 0 aliphatic heterocycles. The zero-order valence-corrected chi connectivity index (χ0v) is 11.0. The minimum atomic E-state index is -1.02. The molecular weight excluding hydrogens is 216 g/mol. The van der Waals surface area contributed by atoms with Crippen LogP contribution in [0.5, 0.6) is 0 Å². The Kier molecular flexibility index (Phi) is 4.12. The van der Waals surface area contributed by atoms with E-state index >= 15 is 0 Å². The number of ether oxygens (including phenoxy) is 1. The van der Waals surface area contributed by atoms with Gasteiger partial charge in [-0.15, -0.1) is 6.58 Å². The fraction of sp³-hybridized carbons (Fsp3) is 0.714. The van der Waals surface area contributed by atoms with Gasteiger partial charge < -0.3 is 4.74 Å². The predicted molar refractivity (Wildman–Crippen MR) is 66.5 cm³/mol. The first-order chi connectivity index (χ1) is 7.92. The molecule has 0 spiro atoms. The van der Waals surface area contributed by atoms with Gasteiger partial charge in [-0.1, -0.05) is 26.3 Å². The maximum absolute atomic E-state index is 12.3. The lowest BCUT2D eigenvalue weighted by Gasteiger charge is -2.43. The van der Waals surface area contributed by atoms with E-state index in [1.54, 1.807) is 13.0 Å². The second kappa shape index (κ2) is 5.03. The first kappa shape index (κ1) is 13.9. The first-order valence-corrected chi connectivity index (χ1v) is 6.26. The third-order valence-electron chi connectivity index (χ3n) is 3.92. The number of carbonyl (C=O) groups excluding carboxylic acids is 2. The molecule has 96 valence electrons. The van der Waals surface area contributed by atoms with Gasteiger partial charge in [0.05, 0.1) is 6.61 Å². The largest absolute Gasteiger partial charge is 0.465 e. The minimum Gasteiger partial charge on any atom is -0.465 e. The SMILES string of the molecule is C=CC(C)(C)C1(C(=O)OCC)CCCCC1=O. The highest BCUT2D eigenvalue weighted by Crippen LogP contribution is 2.49. The molecule has 0 bridgehead atoms. The smallest absolute Gasteiger partial charge is 0.320 e. The predicted octanol–water partition coefficient (Wildman–Crippen LogP) is 2.89. The summed E-state index contributed by atoms with van der Waals surface area (Å²) in [6.45, 7) is 9.62. The molecule has 1 aliphatic rings. The lowest BCUT2D eigenvalue weighted by atomic mass is 9.58. The van der Waals surface area contributed by atoms with Crippen molar-refractivity contribution < 1.29 is 14.3 Å². The summed E-state index contributed by atoms with van der Waals surface area (Å²) in [5, 5.41) is 0. The van der Waals surface area contributed by atoms with Crippen LogP contribution in [0.1, 0.15) is 46.5 Å². The fourth-order valence-electron chi connectivity index (χ4n) is 2.62. The van der Waals surface area contributed by atoms with Gasteiger partial charge in [-0.05, 0) is 19.8 Å². The van der Waals surface area contributed by atoms with Gasteiger partial charge in [-0.2, -0.15) is 0 Å². The van der Waals surface area contributed by atoms with Crippen molar-refractivity contribution in [1.82, 2.24) is 0 Å². The fourth-order valence-corrected chi connectivity index (χ4v) is 2.62. The highest BCUT2D eigenvalue weighted by atomic mass is 16.5. The van der Waals surface area contributed by atoms with Crippen molar-refractivity contribution in [2.24, 2.45) is 10.8 Å². The average molecular weight is 238 g/mol. The number of Topliss-reactive ketones (excluding diaryl/α,β-unsaturated/α-hetero) is 1. The lowest BCUT2D eigenvalue weighted by Crippen LogP contribution is -2.52. The highest BCUT2D eigenvalue weighted by molar-refractivity contribution is 6.05. The van der Waals surface area contributed by atoms with Crippen molar-refractivity contribution in [2.75, 3.05) is 6.61 Å². The summed E-state index contributed by atoms with van der Waals surface area (Å²) in [6, 6.07) is 0. The summed E-state index contributed by atoms with van der Waals surface area (Å²) in [5.41, 5.74) is -1.58. The number of ketones is 1. The molecule has 0 amide bonds. The van der Waals surface area contributed by atoms with E-state index < -0.39 is 10.8 Å². The van der Waals surface area contributed by atoms with Crippen LogP contribution in [0, 0.1) is 10.8 Å². The van der Waals surface area contributed by atoms with Crippen molar-refractivity contribution in [3.63, 3.8) is 0 Å². The third-order valence-corrected chi connectivity index (χ3v) is 3.92. The van der Waals surface area contributed by atoms with Gasteiger partial charge in [-0.25, -0.2) is 0 Å². The highest BCUT2D eigenvalue weighted by Gasteiger charge is 2.56. The summed E-state index contributed by atoms with van der Waals surface area (Å²) in [7, 11) is 0. The van der Waals surface area contributed by atoms with Crippen molar-refractivity contribution in [3.05, 3.63) is 12.7 Å². The first-order valence-electron chi connectivity index (χ1n) is 6.26. The quantitative estimate of drug-likeness (QED) is 0.429. The van der Waals surface area contributed by atoms with Crippen LogP contribution in [0.25, 0.3) is 0 Å². The van der Waals surface area contributed by atoms with E-state index in [1.165, 1.54) is 0 Å². The van der Waals surface area contributed by atoms with Crippen LogP contribution in [0.15, 0.2) is 12.7 Å². The van der Waals surface area contributed by atoms with Crippen LogP contribution in [-0.2, 0) is 14.3 Å². The second-order valence-electron chi connectivity index (χ2n) is 5.18. The molecule has 0 N–H and O–H groups in total. The van der Waals surface area contributed by atoms with Crippen LogP contribution < -0.4 is 0 Å². The number of hydrogen-bond acceptors (Lipinski definition) is 3. The number of esters is 1. The molecule has 1 saturated carbocycles. The van der Waals surface area contributed by atoms with Crippen LogP contribution in [0.4, 0.5) is 0 Å². The Morgan fingerprint density at radius 2 is 2.18 bits per heavy atom. The van der Waals surface area contributed by atoms with E-state index in [0.29, 0.717) is 19.4 Å². The summed E-state index contributed by atoms with van der Waals surface area (Å²) in [5.74, 6) is -0.373. The van der Waals surface area contributed by atoms with Crippen molar-refractivity contribution in [1.29, 1.82) is 0 Å². The molecule has 0 aromatic carbocycles. The number of allylic oxidation sites excluding steroid dienone is 1. The van der Waals surface area contributed by atoms with Gasteiger partial charge in [0.15, 0.2) is 5.78 Å². The van der Waals surface area contributed by atoms with E-state index in [-0.39, 0.29) is 11.8 Å². The van der Waals surface area contributed by atoms with Crippen LogP contribution in [0.3, 0.4) is 0 Å². The molecule has 3 nitrogen and oxygen atoms in total. The van der Waals surface area contributed by atoms with E-state index in [2.05, 4.69) is 6.58 Å². The van der Waals surface area contributed by atoms with E-state index in [0.717, 1.165) is 12.8 Å². The summed E-state index contributed by atoms with van der Waals surface area (Å²) in [4.78, 5) is 24.5. The molecule has 1 aliphatic carbocycles. The van der Waals surface area contributed by atoms with Crippen LogP contribution >= 0.6 is 0 Å². The van der Waals surface area contributed by atoms with Crippen molar-refractivity contribution in [2.45, 2.75) is 46.5 Å². The number of carbonyl (C=O) groups is 2. The molecule has 1 unspecified atom stereocenters. The maximum Gasteiger partial charge on any atom is 0.320 e. The van der Waals surface area contributed by atoms with Gasteiger partial charge >= 0.3 is 5.97 Å². The molecule has 1 fully saturated rings. The van der Waals surface area contributed by atoms with Crippen molar-refractivity contribution in [3.8, 4) is 0 Å². The van der Waals surface area contributed by atoms with E-state index in [1.807, 2.05) is 13.8 Å². The third kappa shape index (κ3) is 2.15. The molecule has 0 heterocycles. The molecule has 0 saturated heterocycles. The zero-order valence-electron chi connectivity index (χ0n) is 11.0. The Bertz CT molecular complexity index is 330. The average Bonchev–Trinajstić information content (AvgIpc) is 2.29. The summed E-state index contributed by atoms with van der Waals surface area (Å²) >= 11 is 0. The van der Waals surface area contributed by atoms with Crippen LogP contribution in [0.2, 0.25) is 0 Å². The minimum absolute atomic E-state index is 0.00657. The Morgan fingerprint density at radius 3 is 2.65 bits per heavy atom. The van der Waals surface area contributed by atoms with E-state index in [9.17, 15) is 9.59 Å². The number of rotatable bonds is 4. The molecule has 0 aromatic rings. The Labute approximate surface area is 103 Å². The van der Waals surface area contributed by atoms with Gasteiger partial charge in [0.2, 0.25) is 0 Å². The molecule has 1 rings (SSSR count). The maximum atomic E-state index is 12.3. The van der Waals surface area contributed by atoms with Gasteiger partial charge in [-0.3, -0.25) is 9.59 Å². The molecule has 17 heavy (non-hydrogen) atoms.